The number of piperidine rings is 1. The highest BCUT2D eigenvalue weighted by Crippen LogP contribution is 2.13. The van der Waals surface area contributed by atoms with Gasteiger partial charge in [0.05, 0.1) is 6.42 Å². The fraction of sp³-hybridized carbons (Fsp3) is 0.692. The van der Waals surface area contributed by atoms with Gasteiger partial charge in [-0.1, -0.05) is 6.92 Å². The lowest BCUT2D eigenvalue weighted by molar-refractivity contribution is -0.122. The van der Waals surface area contributed by atoms with E-state index >= 15 is 0 Å². The third-order valence-electron chi connectivity index (χ3n) is 3.35. The molecule has 0 aromatic carbocycles. The summed E-state index contributed by atoms with van der Waals surface area (Å²) in [6.45, 7) is 4.98. The normalized spacial score (nSPS) is 20.4. The Morgan fingerprint density at radius 2 is 2.53 bits per heavy atom. The quantitative estimate of drug-likeness (QED) is 0.839. The molecule has 0 bridgehead atoms. The van der Waals surface area contributed by atoms with Crippen molar-refractivity contribution < 1.29 is 4.79 Å². The number of hydrogen-bond donors (Lipinski definition) is 1. The van der Waals surface area contributed by atoms with Crippen LogP contribution in [0.4, 0.5) is 0 Å². The van der Waals surface area contributed by atoms with Gasteiger partial charge in [0.15, 0.2) is 0 Å². The van der Waals surface area contributed by atoms with Gasteiger partial charge in [0, 0.05) is 31.4 Å². The fourth-order valence-electron chi connectivity index (χ4n) is 2.38. The molecular formula is C13H21N3O. The summed E-state index contributed by atoms with van der Waals surface area (Å²) in [4.78, 5) is 16.4. The van der Waals surface area contributed by atoms with Gasteiger partial charge in [-0.15, -0.1) is 0 Å². The smallest absolute Gasteiger partial charge is 0.144 e. The van der Waals surface area contributed by atoms with Gasteiger partial charge >= 0.3 is 0 Å². The van der Waals surface area contributed by atoms with Gasteiger partial charge in [0.25, 0.3) is 0 Å². The summed E-state index contributed by atoms with van der Waals surface area (Å²) >= 11 is 0. The Labute approximate surface area is 102 Å². The zero-order chi connectivity index (χ0) is 12.1. The molecule has 0 amide bonds. The molecule has 1 aromatic rings. The van der Waals surface area contributed by atoms with E-state index in [0.717, 1.165) is 44.7 Å². The molecule has 1 fully saturated rings. The second-order valence-electron chi connectivity index (χ2n) is 4.72. The first-order valence-corrected chi connectivity index (χ1v) is 6.54. The summed E-state index contributed by atoms with van der Waals surface area (Å²) in [5.41, 5.74) is 0. The molecule has 1 saturated heterocycles. The lowest BCUT2D eigenvalue weighted by Crippen LogP contribution is -2.35. The van der Waals surface area contributed by atoms with Crippen molar-refractivity contribution in [2.45, 2.75) is 39.2 Å². The summed E-state index contributed by atoms with van der Waals surface area (Å²) in [7, 11) is 0. The Hall–Kier alpha value is -1.16. The summed E-state index contributed by atoms with van der Waals surface area (Å²) in [5, 5.41) is 3.29. The SMILES string of the molecule is CCCn1ccnc1CC(=O)C1CCCNC1. The minimum Gasteiger partial charge on any atom is -0.335 e. The molecule has 4 nitrogen and oxygen atoms in total. The first-order chi connectivity index (χ1) is 8.31. The highest BCUT2D eigenvalue weighted by molar-refractivity contribution is 5.82. The molecule has 4 heteroatoms. The van der Waals surface area contributed by atoms with E-state index < -0.39 is 0 Å². The minimum absolute atomic E-state index is 0.190. The largest absolute Gasteiger partial charge is 0.335 e. The number of Topliss-reactive ketones (excluding diaryl/α,β-unsaturated/α-hetero) is 1. The molecule has 2 rings (SSSR count). The van der Waals surface area contributed by atoms with Crippen molar-refractivity contribution in [2.24, 2.45) is 5.92 Å². The van der Waals surface area contributed by atoms with Gasteiger partial charge in [0.2, 0.25) is 0 Å². The number of carbonyl (C=O) groups excluding carboxylic acids is 1. The maximum absolute atomic E-state index is 12.1. The van der Waals surface area contributed by atoms with Crippen LogP contribution >= 0.6 is 0 Å². The molecule has 94 valence electrons. The van der Waals surface area contributed by atoms with Crippen LogP contribution in [0.3, 0.4) is 0 Å². The van der Waals surface area contributed by atoms with Gasteiger partial charge in [0.1, 0.15) is 11.6 Å². The first-order valence-electron chi connectivity index (χ1n) is 6.54. The molecule has 1 N–H and O–H groups in total. The number of imidazole rings is 1. The van der Waals surface area contributed by atoms with Crippen molar-refractivity contribution >= 4 is 5.78 Å². The highest BCUT2D eigenvalue weighted by Gasteiger charge is 2.22. The standard InChI is InChI=1S/C13H21N3O/c1-2-7-16-8-6-15-13(16)9-12(17)11-4-3-5-14-10-11/h6,8,11,14H,2-5,7,9-10H2,1H3. The number of nitrogens with one attached hydrogen (secondary N) is 1. The van der Waals surface area contributed by atoms with Gasteiger partial charge in [-0.05, 0) is 25.8 Å². The van der Waals surface area contributed by atoms with Crippen LogP contribution < -0.4 is 5.32 Å². The maximum atomic E-state index is 12.1. The lowest BCUT2D eigenvalue weighted by Gasteiger charge is -2.21. The van der Waals surface area contributed by atoms with E-state index in [1.165, 1.54) is 0 Å². The van der Waals surface area contributed by atoms with Crippen molar-refractivity contribution in [2.75, 3.05) is 13.1 Å². The van der Waals surface area contributed by atoms with E-state index in [0.29, 0.717) is 12.2 Å². The maximum Gasteiger partial charge on any atom is 0.144 e. The predicted molar refractivity (Wildman–Crippen MR) is 66.8 cm³/mol. The predicted octanol–water partition coefficient (Wildman–Crippen LogP) is 1.40. The van der Waals surface area contributed by atoms with Crippen LogP contribution in [0.1, 0.15) is 32.0 Å². The van der Waals surface area contributed by atoms with Crippen molar-refractivity contribution in [1.29, 1.82) is 0 Å². The Morgan fingerprint density at radius 1 is 1.65 bits per heavy atom. The van der Waals surface area contributed by atoms with Gasteiger partial charge in [-0.2, -0.15) is 0 Å². The number of ketones is 1. The summed E-state index contributed by atoms with van der Waals surface area (Å²) < 4.78 is 2.09. The molecular weight excluding hydrogens is 214 g/mol. The van der Waals surface area contributed by atoms with Crippen molar-refractivity contribution in [3.8, 4) is 0 Å². The zero-order valence-corrected chi connectivity index (χ0v) is 10.5. The van der Waals surface area contributed by atoms with Crippen LogP contribution in [-0.2, 0) is 17.8 Å². The number of nitrogens with zero attached hydrogens (tertiary/aromatic N) is 2. The molecule has 0 saturated carbocycles. The van der Waals surface area contributed by atoms with Crippen LogP contribution in [0.5, 0.6) is 0 Å². The number of rotatable bonds is 5. The molecule has 1 aliphatic rings. The molecule has 1 aliphatic heterocycles. The third kappa shape index (κ3) is 3.16. The topological polar surface area (TPSA) is 46.9 Å². The first kappa shape index (κ1) is 12.3. The Balaban J connectivity index is 1.94. The number of aromatic nitrogens is 2. The number of carbonyl (C=O) groups is 1. The summed E-state index contributed by atoms with van der Waals surface area (Å²) in [6.07, 6.45) is 7.45. The molecule has 0 aliphatic carbocycles. The number of aryl methyl sites for hydroxylation is 1. The Kier molecular flexibility index (Phi) is 4.31. The molecule has 0 radical (unpaired) electrons. The van der Waals surface area contributed by atoms with E-state index in [1.54, 1.807) is 6.20 Å². The Bertz CT molecular complexity index is 366. The van der Waals surface area contributed by atoms with Crippen LogP contribution in [-0.4, -0.2) is 28.4 Å². The molecule has 1 unspecified atom stereocenters. The average Bonchev–Trinajstić information content (AvgIpc) is 2.78. The summed E-state index contributed by atoms with van der Waals surface area (Å²) in [5.74, 6) is 1.44. The van der Waals surface area contributed by atoms with Crippen molar-refractivity contribution in [3.05, 3.63) is 18.2 Å². The van der Waals surface area contributed by atoms with E-state index in [9.17, 15) is 4.79 Å². The van der Waals surface area contributed by atoms with E-state index in [1.807, 2.05) is 6.20 Å². The average molecular weight is 235 g/mol. The molecule has 2 heterocycles. The van der Waals surface area contributed by atoms with E-state index in [2.05, 4.69) is 21.8 Å². The monoisotopic (exact) mass is 235 g/mol. The van der Waals surface area contributed by atoms with E-state index in [-0.39, 0.29) is 5.92 Å². The highest BCUT2D eigenvalue weighted by atomic mass is 16.1. The molecule has 17 heavy (non-hydrogen) atoms. The second-order valence-corrected chi connectivity index (χ2v) is 4.72. The molecule has 0 spiro atoms. The fourth-order valence-corrected chi connectivity index (χ4v) is 2.38. The van der Waals surface area contributed by atoms with E-state index in [4.69, 9.17) is 0 Å². The molecule has 1 aromatic heterocycles. The van der Waals surface area contributed by atoms with Gasteiger partial charge < -0.3 is 9.88 Å². The second kappa shape index (κ2) is 5.96. The Morgan fingerprint density at radius 3 is 3.24 bits per heavy atom. The van der Waals surface area contributed by atoms with Crippen LogP contribution in [0.2, 0.25) is 0 Å². The van der Waals surface area contributed by atoms with Gasteiger partial charge in [-0.3, -0.25) is 4.79 Å². The zero-order valence-electron chi connectivity index (χ0n) is 10.5. The minimum atomic E-state index is 0.190. The lowest BCUT2D eigenvalue weighted by atomic mass is 9.93. The van der Waals surface area contributed by atoms with Crippen LogP contribution in [0.15, 0.2) is 12.4 Å². The van der Waals surface area contributed by atoms with Crippen molar-refractivity contribution in [3.63, 3.8) is 0 Å². The van der Waals surface area contributed by atoms with Gasteiger partial charge in [-0.25, -0.2) is 4.98 Å². The van der Waals surface area contributed by atoms with Crippen LogP contribution in [0.25, 0.3) is 0 Å². The van der Waals surface area contributed by atoms with Crippen LogP contribution in [0, 0.1) is 5.92 Å². The summed E-state index contributed by atoms with van der Waals surface area (Å²) in [6, 6.07) is 0. The third-order valence-corrected chi connectivity index (χ3v) is 3.35. The molecule has 1 atom stereocenters. The number of hydrogen-bond acceptors (Lipinski definition) is 3. The van der Waals surface area contributed by atoms with Crippen molar-refractivity contribution in [1.82, 2.24) is 14.9 Å².